The summed E-state index contributed by atoms with van der Waals surface area (Å²) in [6.07, 6.45) is 2.05. The largest absolute Gasteiger partial charge is 0.342 e. The molecule has 2 aromatic heterocycles. The molecule has 3 rings (SSSR count). The Morgan fingerprint density at radius 3 is 2.25 bits per heavy atom. The van der Waals surface area contributed by atoms with Gasteiger partial charge in [-0.1, -0.05) is 32.5 Å². The lowest BCUT2D eigenvalue weighted by Crippen LogP contribution is -2.38. The normalized spacial score (nSPS) is 16.0. The van der Waals surface area contributed by atoms with Gasteiger partial charge in [0.2, 0.25) is 5.91 Å². The van der Waals surface area contributed by atoms with Gasteiger partial charge >= 0.3 is 5.69 Å². The van der Waals surface area contributed by atoms with Crippen LogP contribution in [-0.2, 0) is 24.3 Å². The van der Waals surface area contributed by atoms with Gasteiger partial charge in [0.1, 0.15) is 16.2 Å². The van der Waals surface area contributed by atoms with E-state index in [0.717, 1.165) is 30.5 Å². The van der Waals surface area contributed by atoms with Crippen LogP contribution in [0.2, 0.25) is 0 Å². The molecule has 8 nitrogen and oxygen atoms in total. The number of fused-ring (bicyclic) bond motifs is 1. The number of likely N-dealkylation sites (tertiary alicyclic amines) is 1. The van der Waals surface area contributed by atoms with E-state index in [1.165, 1.54) is 23.4 Å². The Morgan fingerprint density at radius 2 is 1.68 bits per heavy atom. The molecular weight excluding hydrogens is 378 g/mol. The van der Waals surface area contributed by atoms with Gasteiger partial charge in [-0.25, -0.2) is 14.8 Å². The van der Waals surface area contributed by atoms with Crippen LogP contribution in [0.1, 0.15) is 46.4 Å². The Balaban J connectivity index is 2.18. The zero-order valence-corrected chi connectivity index (χ0v) is 18.1. The van der Waals surface area contributed by atoms with Crippen molar-refractivity contribution in [1.82, 2.24) is 24.0 Å². The molecule has 9 heteroatoms. The molecule has 1 fully saturated rings. The first kappa shape index (κ1) is 20.6. The molecule has 1 unspecified atom stereocenters. The number of carbonyl (C=O) groups excluding carboxylic acids is 1. The Bertz CT molecular complexity index is 1040. The molecule has 0 bridgehead atoms. The summed E-state index contributed by atoms with van der Waals surface area (Å²) in [5, 5.41) is 0.348. The van der Waals surface area contributed by atoms with E-state index in [0.29, 0.717) is 16.5 Å². The lowest BCUT2D eigenvalue weighted by Gasteiger charge is -2.22. The van der Waals surface area contributed by atoms with Crippen molar-refractivity contribution in [3.8, 4) is 0 Å². The van der Waals surface area contributed by atoms with Gasteiger partial charge in [-0.15, -0.1) is 0 Å². The van der Waals surface area contributed by atoms with Crippen LogP contribution >= 0.6 is 11.8 Å². The number of aromatic nitrogens is 4. The zero-order valence-electron chi connectivity index (χ0n) is 17.3. The molecule has 3 heterocycles. The molecule has 0 N–H and O–H groups in total. The van der Waals surface area contributed by atoms with E-state index in [4.69, 9.17) is 0 Å². The highest BCUT2D eigenvalue weighted by Crippen LogP contribution is 2.30. The number of carbonyl (C=O) groups is 1. The SMILES string of the molecule is CC(Sc1nc(C(C)(C)C)nc2c1c(=O)n(C)c(=O)n2C)C(=O)N1CCCC1. The van der Waals surface area contributed by atoms with Crippen LogP contribution in [0.4, 0.5) is 0 Å². The summed E-state index contributed by atoms with van der Waals surface area (Å²) in [5.41, 5.74) is -0.950. The molecule has 1 atom stereocenters. The molecule has 2 aromatic rings. The van der Waals surface area contributed by atoms with Gasteiger partial charge in [-0.2, -0.15) is 0 Å². The first-order valence-corrected chi connectivity index (χ1v) is 10.3. The highest BCUT2D eigenvalue weighted by Gasteiger charge is 2.28. The number of hydrogen-bond donors (Lipinski definition) is 0. The van der Waals surface area contributed by atoms with Gasteiger partial charge < -0.3 is 4.90 Å². The van der Waals surface area contributed by atoms with Crippen molar-refractivity contribution < 1.29 is 4.79 Å². The third-order valence-corrected chi connectivity index (χ3v) is 6.07. The van der Waals surface area contributed by atoms with Crippen molar-refractivity contribution in [2.24, 2.45) is 14.1 Å². The van der Waals surface area contributed by atoms with E-state index >= 15 is 0 Å². The Labute approximate surface area is 168 Å². The van der Waals surface area contributed by atoms with Crippen LogP contribution in [0.15, 0.2) is 14.6 Å². The molecule has 152 valence electrons. The van der Waals surface area contributed by atoms with Gasteiger partial charge in [0.05, 0.1) is 5.25 Å². The molecule has 1 aliphatic heterocycles. The van der Waals surface area contributed by atoms with E-state index in [-0.39, 0.29) is 22.0 Å². The smallest absolute Gasteiger partial charge is 0.332 e. The van der Waals surface area contributed by atoms with E-state index in [9.17, 15) is 14.4 Å². The van der Waals surface area contributed by atoms with Crippen molar-refractivity contribution in [2.75, 3.05) is 13.1 Å². The quantitative estimate of drug-likeness (QED) is 0.567. The molecule has 1 aliphatic rings. The maximum Gasteiger partial charge on any atom is 0.332 e. The van der Waals surface area contributed by atoms with E-state index < -0.39 is 11.2 Å². The van der Waals surface area contributed by atoms with Crippen LogP contribution in [-0.4, -0.2) is 48.2 Å². The molecular formula is C19H27N5O3S. The highest BCUT2D eigenvalue weighted by atomic mass is 32.2. The van der Waals surface area contributed by atoms with Crippen molar-refractivity contribution in [1.29, 1.82) is 0 Å². The first-order valence-electron chi connectivity index (χ1n) is 9.46. The van der Waals surface area contributed by atoms with Gasteiger partial charge in [-0.05, 0) is 19.8 Å². The fourth-order valence-electron chi connectivity index (χ4n) is 3.26. The summed E-state index contributed by atoms with van der Waals surface area (Å²) in [5.74, 6) is 0.583. The number of rotatable bonds is 3. The Kier molecular flexibility index (Phi) is 5.40. The topological polar surface area (TPSA) is 90.1 Å². The molecule has 1 saturated heterocycles. The molecule has 0 aliphatic carbocycles. The minimum absolute atomic E-state index is 0.0493. The number of aryl methyl sites for hydroxylation is 1. The summed E-state index contributed by atoms with van der Waals surface area (Å²) >= 11 is 1.26. The summed E-state index contributed by atoms with van der Waals surface area (Å²) in [7, 11) is 3.03. The maximum absolute atomic E-state index is 12.9. The van der Waals surface area contributed by atoms with Crippen molar-refractivity contribution in [3.63, 3.8) is 0 Å². The van der Waals surface area contributed by atoms with Crippen LogP contribution in [0.5, 0.6) is 0 Å². The maximum atomic E-state index is 12.9. The predicted octanol–water partition coefficient (Wildman–Crippen LogP) is 1.43. The third kappa shape index (κ3) is 3.59. The van der Waals surface area contributed by atoms with E-state index in [2.05, 4.69) is 9.97 Å². The second kappa shape index (κ2) is 7.35. The summed E-state index contributed by atoms with van der Waals surface area (Å²) in [4.78, 5) is 49.0. The number of nitrogens with zero attached hydrogens (tertiary/aromatic N) is 5. The number of amides is 1. The standard InChI is InChI=1S/C19H27N5O3S/c1-11(15(25)24-9-7-8-10-24)28-14-12-13(20-17(21-14)19(2,3)4)22(5)18(27)23(6)16(12)26/h11H,7-10H2,1-6H3. The monoisotopic (exact) mass is 405 g/mol. The van der Waals surface area contributed by atoms with Gasteiger partial charge in [0, 0.05) is 32.6 Å². The predicted molar refractivity (Wildman–Crippen MR) is 110 cm³/mol. The molecule has 0 spiro atoms. The zero-order chi connectivity index (χ0) is 20.8. The van der Waals surface area contributed by atoms with Gasteiger partial charge in [0.25, 0.3) is 5.56 Å². The second-order valence-corrected chi connectivity index (χ2v) is 9.63. The Hall–Kier alpha value is -2.16. The Morgan fingerprint density at radius 1 is 1.07 bits per heavy atom. The fourth-order valence-corrected chi connectivity index (χ4v) is 4.28. The van der Waals surface area contributed by atoms with Crippen molar-refractivity contribution >= 4 is 28.7 Å². The summed E-state index contributed by atoms with van der Waals surface area (Å²) < 4.78 is 2.42. The average molecular weight is 406 g/mol. The molecule has 0 radical (unpaired) electrons. The molecule has 28 heavy (non-hydrogen) atoms. The van der Waals surface area contributed by atoms with Crippen LogP contribution < -0.4 is 11.2 Å². The second-order valence-electron chi connectivity index (χ2n) is 8.30. The van der Waals surface area contributed by atoms with E-state index in [1.54, 1.807) is 7.05 Å². The van der Waals surface area contributed by atoms with E-state index in [1.807, 2.05) is 32.6 Å². The summed E-state index contributed by atoms with van der Waals surface area (Å²) in [6, 6.07) is 0. The third-order valence-electron chi connectivity index (χ3n) is 4.99. The fraction of sp³-hybridized carbons (Fsp3) is 0.632. The minimum Gasteiger partial charge on any atom is -0.342 e. The minimum atomic E-state index is -0.443. The highest BCUT2D eigenvalue weighted by molar-refractivity contribution is 8.00. The molecule has 0 aromatic carbocycles. The lowest BCUT2D eigenvalue weighted by molar-refractivity contribution is -0.129. The first-order chi connectivity index (χ1) is 13.0. The average Bonchev–Trinajstić information content (AvgIpc) is 3.17. The molecule has 1 amide bonds. The van der Waals surface area contributed by atoms with Gasteiger partial charge in [0.15, 0.2) is 5.65 Å². The number of thioether (sulfide) groups is 1. The van der Waals surface area contributed by atoms with Crippen molar-refractivity contribution in [2.45, 2.75) is 56.2 Å². The van der Waals surface area contributed by atoms with Gasteiger partial charge in [-0.3, -0.25) is 18.7 Å². The lowest BCUT2D eigenvalue weighted by atomic mass is 9.96. The van der Waals surface area contributed by atoms with Crippen LogP contribution in [0, 0.1) is 0 Å². The van der Waals surface area contributed by atoms with Crippen LogP contribution in [0.25, 0.3) is 11.0 Å². The summed E-state index contributed by atoms with van der Waals surface area (Å²) in [6.45, 7) is 9.31. The van der Waals surface area contributed by atoms with Crippen molar-refractivity contribution in [3.05, 3.63) is 26.7 Å². The molecule has 0 saturated carbocycles. The number of hydrogen-bond acceptors (Lipinski definition) is 6. The van der Waals surface area contributed by atoms with Crippen LogP contribution in [0.3, 0.4) is 0 Å².